The Bertz CT molecular complexity index is 896. The van der Waals surface area contributed by atoms with Crippen molar-refractivity contribution in [2.75, 3.05) is 26.2 Å². The van der Waals surface area contributed by atoms with E-state index < -0.39 is 0 Å². The summed E-state index contributed by atoms with van der Waals surface area (Å²) >= 11 is 1.51. The van der Waals surface area contributed by atoms with E-state index in [2.05, 4.69) is 36.1 Å². The second-order valence-corrected chi connectivity index (χ2v) is 8.14. The molecule has 1 saturated heterocycles. The molecule has 1 fully saturated rings. The third kappa shape index (κ3) is 4.18. The van der Waals surface area contributed by atoms with Gasteiger partial charge in [0.1, 0.15) is 4.88 Å². The summed E-state index contributed by atoms with van der Waals surface area (Å²) in [6, 6.07) is 14.5. The molecule has 0 saturated carbocycles. The van der Waals surface area contributed by atoms with Gasteiger partial charge in [-0.1, -0.05) is 55.0 Å². The van der Waals surface area contributed by atoms with Gasteiger partial charge in [0.05, 0.1) is 5.69 Å². The molecule has 146 valence electrons. The van der Waals surface area contributed by atoms with Gasteiger partial charge in [0, 0.05) is 45.1 Å². The van der Waals surface area contributed by atoms with Crippen molar-refractivity contribution in [3.8, 4) is 5.13 Å². The summed E-state index contributed by atoms with van der Waals surface area (Å²) in [5.74, 6) is 0.138. The molecular weight excluding hydrogens is 368 g/mol. The molecule has 5 nitrogen and oxygen atoms in total. The van der Waals surface area contributed by atoms with Crippen LogP contribution in [-0.2, 0) is 13.0 Å². The van der Waals surface area contributed by atoms with Crippen LogP contribution >= 0.6 is 11.3 Å². The maximum atomic E-state index is 13.2. The maximum absolute atomic E-state index is 13.2. The number of nitrogens with zero attached hydrogens (tertiary/aromatic N) is 4. The average Bonchev–Trinajstić information content (AvgIpc) is 3.39. The first-order chi connectivity index (χ1) is 13.7. The Hall–Kier alpha value is -2.44. The van der Waals surface area contributed by atoms with Crippen molar-refractivity contribution >= 4 is 17.2 Å². The van der Waals surface area contributed by atoms with E-state index in [4.69, 9.17) is 4.98 Å². The van der Waals surface area contributed by atoms with Crippen molar-refractivity contribution in [3.05, 3.63) is 71.0 Å². The molecule has 3 heterocycles. The average molecular weight is 395 g/mol. The first kappa shape index (κ1) is 18.9. The number of aryl methyl sites for hydroxylation is 1. The van der Waals surface area contributed by atoms with Crippen LogP contribution in [-0.4, -0.2) is 51.4 Å². The Morgan fingerprint density at radius 2 is 1.75 bits per heavy atom. The minimum absolute atomic E-state index is 0.138. The second kappa shape index (κ2) is 8.71. The second-order valence-electron chi connectivity index (χ2n) is 7.17. The van der Waals surface area contributed by atoms with Gasteiger partial charge in [-0.15, -0.1) is 0 Å². The van der Waals surface area contributed by atoms with Crippen molar-refractivity contribution in [2.24, 2.45) is 0 Å². The van der Waals surface area contributed by atoms with Crippen LogP contribution in [0.15, 0.2) is 54.9 Å². The molecule has 4 rings (SSSR count). The van der Waals surface area contributed by atoms with Gasteiger partial charge in [-0.2, -0.15) is 0 Å². The molecule has 1 aliphatic rings. The van der Waals surface area contributed by atoms with Crippen LogP contribution in [0.1, 0.15) is 34.3 Å². The lowest BCUT2D eigenvalue weighted by Gasteiger charge is -2.34. The summed E-state index contributed by atoms with van der Waals surface area (Å²) in [6.07, 6.45) is 5.78. The number of thiazole rings is 1. The first-order valence-corrected chi connectivity index (χ1v) is 10.7. The lowest BCUT2D eigenvalue weighted by molar-refractivity contribution is 0.0632. The predicted octanol–water partition coefficient (Wildman–Crippen LogP) is 3.84. The SMILES string of the molecule is CCCc1nc(-n2cccc2)sc1C(=O)N1CCN(Cc2ccccc2)CC1. The molecule has 0 atom stereocenters. The third-order valence-electron chi connectivity index (χ3n) is 5.10. The van der Waals surface area contributed by atoms with Gasteiger partial charge < -0.3 is 9.47 Å². The number of rotatable bonds is 6. The zero-order valence-electron chi connectivity index (χ0n) is 16.3. The zero-order valence-corrected chi connectivity index (χ0v) is 17.1. The third-order valence-corrected chi connectivity index (χ3v) is 6.20. The molecule has 1 amide bonds. The van der Waals surface area contributed by atoms with E-state index in [1.165, 1.54) is 16.9 Å². The fraction of sp³-hybridized carbons (Fsp3) is 0.364. The summed E-state index contributed by atoms with van der Waals surface area (Å²) in [6.45, 7) is 6.44. The van der Waals surface area contributed by atoms with E-state index in [-0.39, 0.29) is 5.91 Å². The zero-order chi connectivity index (χ0) is 19.3. The van der Waals surface area contributed by atoms with Gasteiger partial charge in [0.2, 0.25) is 0 Å². The van der Waals surface area contributed by atoms with Crippen LogP contribution in [0.25, 0.3) is 5.13 Å². The highest BCUT2D eigenvalue weighted by molar-refractivity contribution is 7.16. The Morgan fingerprint density at radius 3 is 2.43 bits per heavy atom. The Balaban J connectivity index is 1.43. The molecule has 0 bridgehead atoms. The van der Waals surface area contributed by atoms with Gasteiger partial charge in [-0.25, -0.2) is 4.98 Å². The molecule has 0 radical (unpaired) electrons. The van der Waals surface area contributed by atoms with Crippen LogP contribution in [0.3, 0.4) is 0 Å². The van der Waals surface area contributed by atoms with E-state index in [0.717, 1.165) is 61.3 Å². The van der Waals surface area contributed by atoms with Gasteiger partial charge >= 0.3 is 0 Å². The van der Waals surface area contributed by atoms with Crippen LogP contribution < -0.4 is 0 Å². The molecule has 28 heavy (non-hydrogen) atoms. The normalized spacial score (nSPS) is 15.1. The molecular formula is C22H26N4OS. The van der Waals surface area contributed by atoms with Gasteiger partial charge in [-0.3, -0.25) is 9.69 Å². The number of carbonyl (C=O) groups excluding carboxylic acids is 1. The quantitative estimate of drug-likeness (QED) is 0.638. The maximum Gasteiger partial charge on any atom is 0.266 e. The van der Waals surface area contributed by atoms with E-state index in [1.807, 2.05) is 40.1 Å². The van der Waals surface area contributed by atoms with Crippen LogP contribution in [0.4, 0.5) is 0 Å². The van der Waals surface area contributed by atoms with Crippen LogP contribution in [0.2, 0.25) is 0 Å². The lowest BCUT2D eigenvalue weighted by Crippen LogP contribution is -2.48. The van der Waals surface area contributed by atoms with Crippen molar-refractivity contribution in [1.82, 2.24) is 19.4 Å². The molecule has 6 heteroatoms. The van der Waals surface area contributed by atoms with Crippen LogP contribution in [0, 0.1) is 0 Å². The molecule has 0 unspecified atom stereocenters. The van der Waals surface area contributed by atoms with Crippen molar-refractivity contribution < 1.29 is 4.79 Å². The summed E-state index contributed by atoms with van der Waals surface area (Å²) < 4.78 is 1.98. The van der Waals surface area contributed by atoms with Crippen molar-refractivity contribution in [2.45, 2.75) is 26.3 Å². The molecule has 0 aliphatic carbocycles. The minimum Gasteiger partial charge on any atom is -0.335 e. The van der Waals surface area contributed by atoms with E-state index in [0.29, 0.717) is 0 Å². The van der Waals surface area contributed by atoms with Gasteiger partial charge in [0.15, 0.2) is 5.13 Å². The Morgan fingerprint density at radius 1 is 1.04 bits per heavy atom. The smallest absolute Gasteiger partial charge is 0.266 e. The predicted molar refractivity (Wildman–Crippen MR) is 113 cm³/mol. The number of hydrogen-bond acceptors (Lipinski definition) is 4. The summed E-state index contributed by atoms with van der Waals surface area (Å²) in [7, 11) is 0. The Labute approximate surface area is 170 Å². The summed E-state index contributed by atoms with van der Waals surface area (Å²) in [5.41, 5.74) is 2.26. The minimum atomic E-state index is 0.138. The molecule has 0 N–H and O–H groups in total. The fourth-order valence-electron chi connectivity index (χ4n) is 3.58. The molecule has 1 aliphatic heterocycles. The summed E-state index contributed by atoms with van der Waals surface area (Å²) in [5, 5.41) is 0.875. The van der Waals surface area contributed by atoms with E-state index >= 15 is 0 Å². The highest BCUT2D eigenvalue weighted by Crippen LogP contribution is 2.25. The molecule has 2 aromatic heterocycles. The topological polar surface area (TPSA) is 41.4 Å². The number of piperazine rings is 1. The van der Waals surface area contributed by atoms with Crippen LogP contribution in [0.5, 0.6) is 0 Å². The highest BCUT2D eigenvalue weighted by Gasteiger charge is 2.26. The molecule has 0 spiro atoms. The molecule has 1 aromatic carbocycles. The Kier molecular flexibility index (Phi) is 5.88. The number of hydrogen-bond donors (Lipinski definition) is 0. The lowest BCUT2D eigenvalue weighted by atomic mass is 10.2. The number of carbonyl (C=O) groups is 1. The van der Waals surface area contributed by atoms with Gasteiger partial charge in [-0.05, 0) is 24.1 Å². The first-order valence-electron chi connectivity index (χ1n) is 9.93. The number of benzene rings is 1. The van der Waals surface area contributed by atoms with Crippen molar-refractivity contribution in [3.63, 3.8) is 0 Å². The fourth-order valence-corrected chi connectivity index (χ4v) is 4.63. The monoisotopic (exact) mass is 394 g/mol. The summed E-state index contributed by atoms with van der Waals surface area (Å²) in [4.78, 5) is 23.2. The number of amides is 1. The van der Waals surface area contributed by atoms with Gasteiger partial charge in [0.25, 0.3) is 5.91 Å². The highest BCUT2D eigenvalue weighted by atomic mass is 32.1. The van der Waals surface area contributed by atoms with Crippen molar-refractivity contribution in [1.29, 1.82) is 0 Å². The van der Waals surface area contributed by atoms with E-state index in [1.54, 1.807) is 0 Å². The van der Waals surface area contributed by atoms with E-state index in [9.17, 15) is 4.79 Å². The number of aromatic nitrogens is 2. The molecule has 3 aromatic rings. The standard InChI is InChI=1S/C22H26N4OS/c1-2-8-19-20(28-22(23-19)26-11-6-7-12-26)21(27)25-15-13-24(14-16-25)17-18-9-4-3-5-10-18/h3-7,9-12H,2,8,13-17H2,1H3. The largest absolute Gasteiger partial charge is 0.335 e.